The molecule has 1 saturated carbocycles. The number of methoxy groups -OCH3 is 1. The number of rotatable bonds is 6. The van der Waals surface area contributed by atoms with E-state index in [1.165, 1.54) is 7.11 Å². The highest BCUT2D eigenvalue weighted by Crippen LogP contribution is 2.46. The Hall–Kier alpha value is -2.01. The first-order valence-electron chi connectivity index (χ1n) is 8.25. The molecule has 2 aromatic rings. The van der Waals surface area contributed by atoms with Crippen LogP contribution in [0.3, 0.4) is 0 Å². The first-order valence-corrected chi connectivity index (χ1v) is 8.25. The third-order valence-electron chi connectivity index (χ3n) is 4.97. The van der Waals surface area contributed by atoms with Crippen molar-refractivity contribution in [2.24, 2.45) is 0 Å². The molecule has 1 unspecified atom stereocenters. The van der Waals surface area contributed by atoms with E-state index in [1.54, 1.807) is 0 Å². The van der Waals surface area contributed by atoms with Gasteiger partial charge in [-0.25, -0.2) is 10.1 Å². The monoisotopic (exact) mass is 326 g/mol. The van der Waals surface area contributed by atoms with Gasteiger partial charge in [0.05, 0.1) is 5.41 Å². The maximum Gasteiger partial charge on any atom is 0.217 e. The predicted molar refractivity (Wildman–Crippen MR) is 90.8 cm³/mol. The summed E-state index contributed by atoms with van der Waals surface area (Å²) in [5, 5.41) is 9.18. The summed E-state index contributed by atoms with van der Waals surface area (Å²) < 4.78 is 5.23. The SMILES string of the molecule is COC(OO)c1ccccc1C1(C(=O)c2ccccc2)CCCC1. The van der Waals surface area contributed by atoms with E-state index >= 15 is 0 Å². The Morgan fingerprint density at radius 3 is 2.29 bits per heavy atom. The first-order chi connectivity index (χ1) is 11.7. The molecule has 2 aromatic carbocycles. The highest BCUT2D eigenvalue weighted by Gasteiger charge is 2.44. The van der Waals surface area contributed by atoms with Gasteiger partial charge < -0.3 is 4.74 Å². The van der Waals surface area contributed by atoms with Crippen LogP contribution in [0, 0.1) is 0 Å². The highest BCUT2D eigenvalue weighted by atomic mass is 17.1. The summed E-state index contributed by atoms with van der Waals surface area (Å²) in [6, 6.07) is 17.0. The fraction of sp³-hybridized carbons (Fsp3) is 0.350. The van der Waals surface area contributed by atoms with E-state index in [1.807, 2.05) is 54.6 Å². The Morgan fingerprint density at radius 1 is 1.04 bits per heavy atom. The van der Waals surface area contributed by atoms with Crippen LogP contribution in [-0.2, 0) is 15.0 Å². The smallest absolute Gasteiger partial charge is 0.217 e. The number of carbonyl (C=O) groups excluding carboxylic acids is 1. The minimum Gasteiger partial charge on any atom is -0.349 e. The van der Waals surface area contributed by atoms with Gasteiger partial charge in [-0.05, 0) is 18.4 Å². The topological polar surface area (TPSA) is 55.8 Å². The number of hydrogen-bond donors (Lipinski definition) is 1. The Bertz CT molecular complexity index is 686. The Balaban J connectivity index is 2.11. The third kappa shape index (κ3) is 2.88. The molecule has 0 radical (unpaired) electrons. The van der Waals surface area contributed by atoms with Crippen LogP contribution in [0.5, 0.6) is 0 Å². The van der Waals surface area contributed by atoms with E-state index in [0.29, 0.717) is 11.1 Å². The van der Waals surface area contributed by atoms with Gasteiger partial charge in [0, 0.05) is 18.2 Å². The van der Waals surface area contributed by atoms with Crippen LogP contribution in [0.4, 0.5) is 0 Å². The molecule has 126 valence electrons. The Labute approximate surface area is 142 Å². The molecule has 1 fully saturated rings. The van der Waals surface area contributed by atoms with Gasteiger partial charge in [0.2, 0.25) is 6.29 Å². The summed E-state index contributed by atoms with van der Waals surface area (Å²) in [6.07, 6.45) is 2.69. The lowest BCUT2D eigenvalue weighted by atomic mass is 9.71. The molecule has 0 aromatic heterocycles. The van der Waals surface area contributed by atoms with Crippen LogP contribution >= 0.6 is 0 Å². The van der Waals surface area contributed by atoms with Crippen molar-refractivity contribution in [1.29, 1.82) is 0 Å². The summed E-state index contributed by atoms with van der Waals surface area (Å²) in [6.45, 7) is 0. The predicted octanol–water partition coefficient (Wildman–Crippen LogP) is 4.52. The Kier molecular flexibility index (Phi) is 5.09. The number of ether oxygens (including phenoxy) is 1. The van der Waals surface area contributed by atoms with Crippen molar-refractivity contribution in [2.45, 2.75) is 37.4 Å². The largest absolute Gasteiger partial charge is 0.349 e. The van der Waals surface area contributed by atoms with Gasteiger partial charge in [0.15, 0.2) is 5.78 Å². The molecule has 1 aliphatic rings. The summed E-state index contributed by atoms with van der Waals surface area (Å²) in [4.78, 5) is 17.9. The number of hydrogen-bond acceptors (Lipinski definition) is 4. The molecular formula is C20H22O4. The van der Waals surface area contributed by atoms with Crippen LogP contribution in [0.25, 0.3) is 0 Å². The zero-order valence-electron chi connectivity index (χ0n) is 13.8. The number of Topliss-reactive ketones (excluding diaryl/α,β-unsaturated/α-hetero) is 1. The fourth-order valence-corrected chi connectivity index (χ4v) is 3.83. The molecule has 0 saturated heterocycles. The van der Waals surface area contributed by atoms with Crippen molar-refractivity contribution in [1.82, 2.24) is 0 Å². The zero-order valence-corrected chi connectivity index (χ0v) is 13.8. The first kappa shape index (κ1) is 16.8. The number of carbonyl (C=O) groups is 1. The van der Waals surface area contributed by atoms with Gasteiger partial charge >= 0.3 is 0 Å². The lowest BCUT2D eigenvalue weighted by molar-refractivity contribution is -0.345. The van der Waals surface area contributed by atoms with E-state index < -0.39 is 11.7 Å². The van der Waals surface area contributed by atoms with Crippen molar-refractivity contribution in [3.05, 3.63) is 71.3 Å². The van der Waals surface area contributed by atoms with E-state index in [9.17, 15) is 10.1 Å². The van der Waals surface area contributed by atoms with Crippen LogP contribution in [0.1, 0.15) is 53.5 Å². The minimum atomic E-state index is -0.901. The molecule has 0 heterocycles. The van der Waals surface area contributed by atoms with Gasteiger partial charge in [-0.15, -0.1) is 0 Å². The van der Waals surface area contributed by atoms with E-state index in [0.717, 1.165) is 31.2 Å². The van der Waals surface area contributed by atoms with Crippen LogP contribution in [0.15, 0.2) is 54.6 Å². The van der Waals surface area contributed by atoms with E-state index in [-0.39, 0.29) is 5.78 Å². The van der Waals surface area contributed by atoms with Crippen molar-refractivity contribution in [3.63, 3.8) is 0 Å². The Morgan fingerprint density at radius 2 is 1.67 bits per heavy atom. The number of benzene rings is 2. The number of ketones is 1. The maximum atomic E-state index is 13.4. The van der Waals surface area contributed by atoms with Gasteiger partial charge in [-0.2, -0.15) is 0 Å². The van der Waals surface area contributed by atoms with Gasteiger partial charge in [0.25, 0.3) is 0 Å². The normalized spacial score (nSPS) is 17.6. The lowest BCUT2D eigenvalue weighted by Crippen LogP contribution is -2.34. The second kappa shape index (κ2) is 7.26. The molecule has 4 heteroatoms. The van der Waals surface area contributed by atoms with E-state index in [4.69, 9.17) is 4.74 Å². The van der Waals surface area contributed by atoms with Crippen LogP contribution in [0.2, 0.25) is 0 Å². The molecule has 0 bridgehead atoms. The maximum absolute atomic E-state index is 13.4. The van der Waals surface area contributed by atoms with Gasteiger partial charge in [-0.1, -0.05) is 67.4 Å². The molecule has 1 N–H and O–H groups in total. The molecule has 4 nitrogen and oxygen atoms in total. The third-order valence-corrected chi connectivity index (χ3v) is 4.97. The van der Waals surface area contributed by atoms with E-state index in [2.05, 4.69) is 4.89 Å². The summed E-state index contributed by atoms with van der Waals surface area (Å²) in [7, 11) is 1.47. The van der Waals surface area contributed by atoms with Gasteiger partial charge in [-0.3, -0.25) is 4.79 Å². The second-order valence-corrected chi connectivity index (χ2v) is 6.24. The summed E-state index contributed by atoms with van der Waals surface area (Å²) >= 11 is 0. The molecule has 0 amide bonds. The van der Waals surface area contributed by atoms with Crippen molar-refractivity contribution >= 4 is 5.78 Å². The zero-order chi connectivity index (χ0) is 17.0. The average Bonchev–Trinajstić information content (AvgIpc) is 3.14. The average molecular weight is 326 g/mol. The van der Waals surface area contributed by atoms with Gasteiger partial charge in [0.1, 0.15) is 0 Å². The van der Waals surface area contributed by atoms with Crippen molar-refractivity contribution in [3.8, 4) is 0 Å². The van der Waals surface area contributed by atoms with Crippen molar-refractivity contribution < 1.29 is 19.7 Å². The summed E-state index contributed by atoms with van der Waals surface area (Å²) in [5.41, 5.74) is 1.71. The molecule has 1 atom stereocenters. The summed E-state index contributed by atoms with van der Waals surface area (Å²) in [5.74, 6) is 0.126. The molecule has 0 aliphatic heterocycles. The lowest BCUT2D eigenvalue weighted by Gasteiger charge is -2.31. The molecule has 1 aliphatic carbocycles. The molecular weight excluding hydrogens is 304 g/mol. The van der Waals surface area contributed by atoms with Crippen molar-refractivity contribution in [2.75, 3.05) is 7.11 Å². The van der Waals surface area contributed by atoms with Crippen LogP contribution in [-0.4, -0.2) is 18.2 Å². The van der Waals surface area contributed by atoms with Crippen LogP contribution < -0.4 is 0 Å². The fourth-order valence-electron chi connectivity index (χ4n) is 3.83. The molecule has 24 heavy (non-hydrogen) atoms. The minimum absolute atomic E-state index is 0.126. The highest BCUT2D eigenvalue weighted by molar-refractivity contribution is 6.04. The molecule has 3 rings (SSSR count). The molecule has 0 spiro atoms. The second-order valence-electron chi connectivity index (χ2n) is 6.24. The quantitative estimate of drug-likeness (QED) is 0.367. The standard InChI is InChI=1S/C20H22O4/c1-23-19(24-22)16-11-5-6-12-17(16)20(13-7-8-14-20)18(21)15-9-3-2-4-10-15/h2-6,9-12,19,22H,7-8,13-14H2,1H3.